The Hall–Kier alpha value is -1.83. The zero-order chi connectivity index (χ0) is 23.1. The van der Waals surface area contributed by atoms with E-state index in [1.807, 2.05) is 18.3 Å². The summed E-state index contributed by atoms with van der Waals surface area (Å²) in [5.74, 6) is 1.03. The average molecular weight is 469 g/mol. The summed E-state index contributed by atoms with van der Waals surface area (Å²) in [6.07, 6.45) is 10.5. The topological polar surface area (TPSA) is 12.4 Å². The summed E-state index contributed by atoms with van der Waals surface area (Å²) in [6.45, 7) is 11.1. The van der Waals surface area contributed by atoms with Crippen LogP contribution in [0.15, 0.2) is 65.8 Å². The van der Waals surface area contributed by atoms with E-state index in [-0.39, 0.29) is 5.92 Å². The molecule has 0 N–H and O–H groups in total. The van der Waals surface area contributed by atoms with Crippen molar-refractivity contribution in [2.24, 2.45) is 10.9 Å². The molecule has 1 aliphatic rings. The molecule has 2 aromatic carbocycles. The lowest BCUT2D eigenvalue weighted by Crippen LogP contribution is -2.12. The third kappa shape index (κ3) is 6.59. The van der Waals surface area contributed by atoms with E-state index < -0.39 is 0 Å². The molecule has 0 aliphatic heterocycles. The number of rotatable bonds is 9. The molecule has 1 atom stereocenters. The molecule has 0 heterocycles. The first-order valence-electron chi connectivity index (χ1n) is 11.8. The van der Waals surface area contributed by atoms with Crippen molar-refractivity contribution < 1.29 is 0 Å². The van der Waals surface area contributed by atoms with Crippen LogP contribution < -0.4 is 0 Å². The minimum Gasteiger partial charge on any atom is -0.266 e. The molecule has 0 saturated carbocycles. The van der Waals surface area contributed by atoms with E-state index in [9.17, 15) is 0 Å². The third-order valence-electron chi connectivity index (χ3n) is 6.33. The molecule has 32 heavy (non-hydrogen) atoms. The largest absolute Gasteiger partial charge is 0.266 e. The van der Waals surface area contributed by atoms with Gasteiger partial charge in [0.15, 0.2) is 0 Å². The van der Waals surface area contributed by atoms with Gasteiger partial charge in [-0.15, -0.1) is 0 Å². The Bertz CT molecular complexity index is 1000. The van der Waals surface area contributed by atoms with E-state index in [1.54, 1.807) is 0 Å². The van der Waals surface area contributed by atoms with Gasteiger partial charge >= 0.3 is 0 Å². The van der Waals surface area contributed by atoms with Crippen molar-refractivity contribution >= 4 is 34.5 Å². The highest BCUT2D eigenvalue weighted by molar-refractivity contribution is 6.42. The minimum absolute atomic E-state index is 0.217. The van der Waals surface area contributed by atoms with Gasteiger partial charge in [-0.05, 0) is 72.1 Å². The second-order valence-electron chi connectivity index (χ2n) is 9.36. The van der Waals surface area contributed by atoms with Gasteiger partial charge in [0, 0.05) is 17.8 Å². The fourth-order valence-corrected chi connectivity index (χ4v) is 4.71. The minimum atomic E-state index is 0.217. The molecule has 0 saturated heterocycles. The summed E-state index contributed by atoms with van der Waals surface area (Å²) in [7, 11) is 0. The van der Waals surface area contributed by atoms with Crippen LogP contribution in [0.4, 0.5) is 0 Å². The maximum absolute atomic E-state index is 6.34. The number of aliphatic imine (C=N–C) groups is 1. The Kier molecular flexibility index (Phi) is 9.20. The number of hydrogen-bond donors (Lipinski definition) is 0. The first-order chi connectivity index (χ1) is 15.4. The van der Waals surface area contributed by atoms with Crippen LogP contribution >= 0.6 is 23.2 Å². The lowest BCUT2D eigenvalue weighted by molar-refractivity contribution is 0.522. The van der Waals surface area contributed by atoms with Gasteiger partial charge in [0.05, 0.1) is 10.0 Å². The zero-order valence-corrected chi connectivity index (χ0v) is 21.1. The number of halogens is 2. The van der Waals surface area contributed by atoms with Gasteiger partial charge in [-0.1, -0.05) is 99.6 Å². The molecule has 0 aromatic heterocycles. The summed E-state index contributed by atoms with van der Waals surface area (Å²) in [5.41, 5.74) is 7.11. The molecule has 0 amide bonds. The number of benzene rings is 2. The monoisotopic (exact) mass is 467 g/mol. The average Bonchev–Trinajstić information content (AvgIpc) is 2.77. The van der Waals surface area contributed by atoms with Crippen molar-refractivity contribution in [3.8, 4) is 0 Å². The Morgan fingerprint density at radius 3 is 2.56 bits per heavy atom. The number of nitrogens with zero attached hydrogens (tertiary/aromatic N) is 1. The summed E-state index contributed by atoms with van der Waals surface area (Å²) < 4.78 is 0. The quantitative estimate of drug-likeness (QED) is 0.256. The Balaban J connectivity index is 1.73. The van der Waals surface area contributed by atoms with E-state index in [0.29, 0.717) is 10.0 Å². The first-order valence-corrected chi connectivity index (χ1v) is 12.6. The fraction of sp³-hybridized carbons (Fsp3) is 0.414. The number of fused-ring (bicyclic) bond motifs is 1. The van der Waals surface area contributed by atoms with Crippen molar-refractivity contribution in [1.29, 1.82) is 0 Å². The second kappa shape index (κ2) is 11.9. The van der Waals surface area contributed by atoms with Crippen LogP contribution in [-0.2, 0) is 0 Å². The van der Waals surface area contributed by atoms with Crippen molar-refractivity contribution in [3.63, 3.8) is 0 Å². The van der Waals surface area contributed by atoms with Crippen molar-refractivity contribution in [3.05, 3.63) is 87.6 Å². The van der Waals surface area contributed by atoms with E-state index in [0.717, 1.165) is 24.3 Å². The highest BCUT2D eigenvalue weighted by Crippen LogP contribution is 2.44. The molecule has 170 valence electrons. The van der Waals surface area contributed by atoms with Crippen LogP contribution in [0.1, 0.15) is 88.3 Å². The summed E-state index contributed by atoms with van der Waals surface area (Å²) >= 11 is 12.5. The Morgan fingerprint density at radius 1 is 1.06 bits per heavy atom. The molecule has 0 bridgehead atoms. The standard InChI is InChI=1S/C29H35Cl2N/c1-20(2)11-7-5-6-8-12-21(3)32-19-24-17-27(23-15-16-28(30)29(31)18-23)26-14-10-9-13-25(26)22(24)4/h9-10,13-16,18-20,27H,4-8,11-12,17H2,1-3H3/b24-19-,32-21?. The third-order valence-corrected chi connectivity index (χ3v) is 7.07. The smallest absolute Gasteiger partial charge is 0.0595 e. The van der Waals surface area contributed by atoms with E-state index in [4.69, 9.17) is 28.2 Å². The summed E-state index contributed by atoms with van der Waals surface area (Å²) in [6, 6.07) is 14.5. The number of allylic oxidation sites excluding steroid dienone is 2. The zero-order valence-electron chi connectivity index (χ0n) is 19.6. The fourth-order valence-electron chi connectivity index (χ4n) is 4.40. The molecule has 3 heteroatoms. The van der Waals surface area contributed by atoms with Crippen LogP contribution in [0.3, 0.4) is 0 Å². The lowest BCUT2D eigenvalue weighted by atomic mass is 9.75. The van der Waals surface area contributed by atoms with Gasteiger partial charge in [0.2, 0.25) is 0 Å². The van der Waals surface area contributed by atoms with E-state index in [2.05, 4.69) is 57.7 Å². The van der Waals surface area contributed by atoms with E-state index in [1.165, 1.54) is 60.1 Å². The molecule has 0 fully saturated rings. The van der Waals surface area contributed by atoms with Crippen molar-refractivity contribution in [1.82, 2.24) is 0 Å². The van der Waals surface area contributed by atoms with Gasteiger partial charge in [-0.3, -0.25) is 4.99 Å². The van der Waals surface area contributed by atoms with E-state index >= 15 is 0 Å². The normalized spacial score (nSPS) is 17.8. The summed E-state index contributed by atoms with van der Waals surface area (Å²) in [5, 5.41) is 1.18. The molecule has 1 unspecified atom stereocenters. The Labute approximate surface area is 204 Å². The molecule has 0 spiro atoms. The van der Waals surface area contributed by atoms with Crippen LogP contribution in [0, 0.1) is 5.92 Å². The van der Waals surface area contributed by atoms with Crippen LogP contribution in [0.25, 0.3) is 5.57 Å². The van der Waals surface area contributed by atoms with Gasteiger partial charge in [0.25, 0.3) is 0 Å². The summed E-state index contributed by atoms with van der Waals surface area (Å²) in [4.78, 5) is 4.82. The molecule has 1 aliphatic carbocycles. The lowest BCUT2D eigenvalue weighted by Gasteiger charge is -2.29. The van der Waals surface area contributed by atoms with Gasteiger partial charge in [-0.2, -0.15) is 0 Å². The highest BCUT2D eigenvalue weighted by atomic mass is 35.5. The predicted octanol–water partition coefficient (Wildman–Crippen LogP) is 9.88. The molecule has 3 rings (SSSR count). The number of hydrogen-bond acceptors (Lipinski definition) is 1. The van der Waals surface area contributed by atoms with Gasteiger partial charge in [0.1, 0.15) is 0 Å². The second-order valence-corrected chi connectivity index (χ2v) is 10.2. The van der Waals surface area contributed by atoms with Gasteiger partial charge in [-0.25, -0.2) is 0 Å². The van der Waals surface area contributed by atoms with Crippen LogP contribution in [0.2, 0.25) is 10.0 Å². The molecular formula is C29H35Cl2N. The van der Waals surface area contributed by atoms with Crippen LogP contribution in [-0.4, -0.2) is 5.71 Å². The molecule has 0 radical (unpaired) electrons. The maximum Gasteiger partial charge on any atom is 0.0595 e. The Morgan fingerprint density at radius 2 is 1.81 bits per heavy atom. The first kappa shape index (κ1) is 24.8. The van der Waals surface area contributed by atoms with Gasteiger partial charge < -0.3 is 0 Å². The molecular weight excluding hydrogens is 433 g/mol. The predicted molar refractivity (Wildman–Crippen MR) is 142 cm³/mol. The SMILES string of the molecule is C=C1/C(=C\N=C(C)CCCCCCC(C)C)CC(c2ccc(Cl)c(Cl)c2)c2ccccc21. The highest BCUT2D eigenvalue weighted by Gasteiger charge is 2.27. The van der Waals surface area contributed by atoms with Crippen molar-refractivity contribution in [2.75, 3.05) is 0 Å². The molecule has 2 aromatic rings. The number of unbranched alkanes of at least 4 members (excludes halogenated alkanes) is 3. The maximum atomic E-state index is 6.34. The van der Waals surface area contributed by atoms with Crippen molar-refractivity contribution in [2.45, 2.75) is 71.6 Å². The van der Waals surface area contributed by atoms with Crippen LogP contribution in [0.5, 0.6) is 0 Å². The molecule has 1 nitrogen and oxygen atoms in total.